The van der Waals surface area contributed by atoms with E-state index in [-0.39, 0.29) is 0 Å². The SMILES string of the molecule is Cc1ccccc1Nc1nsc(=N)n1-c1ccccc1C. The van der Waals surface area contributed by atoms with Crippen molar-refractivity contribution in [3.8, 4) is 5.69 Å². The van der Waals surface area contributed by atoms with E-state index < -0.39 is 0 Å². The number of hydrogen-bond acceptors (Lipinski definition) is 4. The predicted molar refractivity (Wildman–Crippen MR) is 86.5 cm³/mol. The van der Waals surface area contributed by atoms with Crippen LogP contribution in [0.25, 0.3) is 5.69 Å². The van der Waals surface area contributed by atoms with Crippen LogP contribution >= 0.6 is 11.5 Å². The van der Waals surface area contributed by atoms with Gasteiger partial charge >= 0.3 is 0 Å². The summed E-state index contributed by atoms with van der Waals surface area (Å²) in [6, 6.07) is 16.1. The van der Waals surface area contributed by atoms with E-state index in [1.54, 1.807) is 0 Å². The smallest absolute Gasteiger partial charge is 0.225 e. The molecule has 1 aromatic heterocycles. The van der Waals surface area contributed by atoms with Gasteiger partial charge < -0.3 is 5.32 Å². The summed E-state index contributed by atoms with van der Waals surface area (Å²) in [6.07, 6.45) is 0. The largest absolute Gasteiger partial charge is 0.324 e. The van der Waals surface area contributed by atoms with Crippen molar-refractivity contribution in [2.75, 3.05) is 5.32 Å². The minimum atomic E-state index is 0.403. The third-order valence-corrected chi connectivity index (χ3v) is 4.00. The van der Waals surface area contributed by atoms with Crippen LogP contribution in [0.2, 0.25) is 0 Å². The maximum absolute atomic E-state index is 8.12. The molecule has 3 rings (SSSR count). The van der Waals surface area contributed by atoms with Crippen LogP contribution in [-0.4, -0.2) is 8.94 Å². The molecular formula is C16H16N4S. The molecule has 0 aliphatic carbocycles. The lowest BCUT2D eigenvalue weighted by molar-refractivity contribution is 0.962. The highest BCUT2D eigenvalue weighted by molar-refractivity contribution is 7.03. The highest BCUT2D eigenvalue weighted by Crippen LogP contribution is 2.22. The lowest BCUT2D eigenvalue weighted by Crippen LogP contribution is -2.14. The molecule has 0 saturated carbocycles. The maximum Gasteiger partial charge on any atom is 0.225 e. The van der Waals surface area contributed by atoms with E-state index >= 15 is 0 Å². The van der Waals surface area contributed by atoms with Crippen LogP contribution in [0.5, 0.6) is 0 Å². The Hall–Kier alpha value is -2.40. The summed E-state index contributed by atoms with van der Waals surface area (Å²) in [6.45, 7) is 4.09. The molecule has 0 amide bonds. The molecule has 0 atom stereocenters. The van der Waals surface area contributed by atoms with E-state index in [1.165, 1.54) is 11.5 Å². The minimum absolute atomic E-state index is 0.403. The number of nitrogens with zero attached hydrogens (tertiary/aromatic N) is 2. The van der Waals surface area contributed by atoms with Gasteiger partial charge in [-0.15, -0.1) is 0 Å². The Bertz CT molecular complexity index is 832. The van der Waals surface area contributed by atoms with Crippen LogP contribution in [0, 0.1) is 19.3 Å². The number of nitrogens with one attached hydrogen (secondary N) is 2. The molecule has 3 aromatic rings. The Morgan fingerprint density at radius 1 is 1.00 bits per heavy atom. The van der Waals surface area contributed by atoms with Gasteiger partial charge in [-0.25, -0.2) is 0 Å². The summed E-state index contributed by atoms with van der Waals surface area (Å²) >= 11 is 1.18. The zero-order valence-electron chi connectivity index (χ0n) is 11.9. The van der Waals surface area contributed by atoms with Crippen LogP contribution in [-0.2, 0) is 0 Å². The lowest BCUT2D eigenvalue weighted by Gasteiger charge is -2.12. The zero-order chi connectivity index (χ0) is 14.8. The summed E-state index contributed by atoms with van der Waals surface area (Å²) in [5.41, 5.74) is 4.25. The Morgan fingerprint density at radius 3 is 2.38 bits per heavy atom. The molecule has 2 N–H and O–H groups in total. The van der Waals surface area contributed by atoms with Crippen molar-refractivity contribution in [2.45, 2.75) is 13.8 Å². The fraction of sp³-hybridized carbons (Fsp3) is 0.125. The molecule has 0 aliphatic heterocycles. The number of anilines is 2. The Kier molecular flexibility index (Phi) is 3.58. The van der Waals surface area contributed by atoms with Crippen LogP contribution < -0.4 is 10.1 Å². The van der Waals surface area contributed by atoms with Crippen LogP contribution in [0.1, 0.15) is 11.1 Å². The van der Waals surface area contributed by atoms with E-state index in [0.717, 1.165) is 22.5 Å². The monoisotopic (exact) mass is 296 g/mol. The molecule has 0 bridgehead atoms. The first kappa shape index (κ1) is 13.6. The van der Waals surface area contributed by atoms with E-state index in [9.17, 15) is 0 Å². The van der Waals surface area contributed by atoms with Gasteiger partial charge in [-0.3, -0.25) is 9.98 Å². The Morgan fingerprint density at radius 2 is 1.67 bits per heavy atom. The molecule has 0 aliphatic rings. The van der Waals surface area contributed by atoms with Crippen LogP contribution in [0.4, 0.5) is 11.6 Å². The van der Waals surface area contributed by atoms with Gasteiger partial charge in [0.2, 0.25) is 10.7 Å². The van der Waals surface area contributed by atoms with E-state index in [4.69, 9.17) is 5.41 Å². The second-order valence-electron chi connectivity index (χ2n) is 4.87. The maximum atomic E-state index is 8.12. The van der Waals surface area contributed by atoms with E-state index in [0.29, 0.717) is 10.7 Å². The summed E-state index contributed by atoms with van der Waals surface area (Å²) in [5.74, 6) is 0.675. The number of benzene rings is 2. The summed E-state index contributed by atoms with van der Waals surface area (Å²) in [7, 11) is 0. The second-order valence-corrected chi connectivity index (χ2v) is 5.62. The first-order valence-corrected chi connectivity index (χ1v) is 7.46. The number of hydrogen-bond donors (Lipinski definition) is 2. The molecule has 0 fully saturated rings. The molecule has 0 spiro atoms. The standard InChI is InChI=1S/C16H16N4S/c1-11-7-3-5-9-13(11)18-16-19-21-15(17)20(16)14-10-6-4-8-12(14)2/h3-10,17H,1-2H3,(H,18,19). The Balaban J connectivity index is 2.09. The normalized spacial score (nSPS) is 10.6. The highest BCUT2D eigenvalue weighted by atomic mass is 32.1. The average Bonchev–Trinajstić information content (AvgIpc) is 2.83. The molecule has 4 nitrogen and oxygen atoms in total. The molecule has 0 unspecified atom stereocenters. The van der Waals surface area contributed by atoms with E-state index in [1.807, 2.05) is 54.0 Å². The van der Waals surface area contributed by atoms with Crippen molar-refractivity contribution in [3.05, 3.63) is 64.5 Å². The summed E-state index contributed by atoms with van der Waals surface area (Å²) in [4.78, 5) is 0.403. The first-order chi connectivity index (χ1) is 10.2. The average molecular weight is 296 g/mol. The van der Waals surface area contributed by atoms with Gasteiger partial charge in [0.05, 0.1) is 5.69 Å². The molecule has 5 heteroatoms. The number of rotatable bonds is 3. The molecule has 106 valence electrons. The molecule has 0 radical (unpaired) electrons. The highest BCUT2D eigenvalue weighted by Gasteiger charge is 2.11. The number of aromatic nitrogens is 2. The fourth-order valence-corrected chi connectivity index (χ4v) is 2.78. The van der Waals surface area contributed by atoms with Gasteiger partial charge in [0.25, 0.3) is 0 Å². The van der Waals surface area contributed by atoms with Crippen molar-refractivity contribution in [1.82, 2.24) is 8.94 Å². The van der Waals surface area contributed by atoms with Gasteiger partial charge in [0.1, 0.15) is 0 Å². The zero-order valence-corrected chi connectivity index (χ0v) is 12.7. The van der Waals surface area contributed by atoms with Gasteiger partial charge in [0.15, 0.2) is 0 Å². The van der Waals surface area contributed by atoms with Gasteiger partial charge in [-0.1, -0.05) is 36.4 Å². The molecular weight excluding hydrogens is 280 g/mol. The second kappa shape index (κ2) is 5.54. The van der Waals surface area contributed by atoms with Crippen molar-refractivity contribution in [2.24, 2.45) is 0 Å². The molecule has 1 heterocycles. The third kappa shape index (κ3) is 2.60. The van der Waals surface area contributed by atoms with Crippen molar-refractivity contribution < 1.29 is 0 Å². The molecule has 2 aromatic carbocycles. The quantitative estimate of drug-likeness (QED) is 0.773. The Labute approximate surface area is 127 Å². The number of para-hydroxylation sites is 2. The van der Waals surface area contributed by atoms with Crippen LogP contribution in [0.15, 0.2) is 48.5 Å². The third-order valence-electron chi connectivity index (χ3n) is 3.38. The molecule has 0 saturated heterocycles. The van der Waals surface area contributed by atoms with Gasteiger partial charge in [-0.05, 0) is 37.1 Å². The van der Waals surface area contributed by atoms with Crippen molar-refractivity contribution in [1.29, 1.82) is 5.41 Å². The van der Waals surface area contributed by atoms with Crippen LogP contribution in [0.3, 0.4) is 0 Å². The minimum Gasteiger partial charge on any atom is -0.324 e. The first-order valence-electron chi connectivity index (χ1n) is 6.69. The van der Waals surface area contributed by atoms with Crippen molar-refractivity contribution in [3.63, 3.8) is 0 Å². The van der Waals surface area contributed by atoms with E-state index in [2.05, 4.69) is 22.7 Å². The summed E-state index contributed by atoms with van der Waals surface area (Å²) in [5, 5.41) is 11.5. The lowest BCUT2D eigenvalue weighted by atomic mass is 10.2. The number of aryl methyl sites for hydroxylation is 2. The predicted octanol–water partition coefficient (Wildman–Crippen LogP) is 3.77. The van der Waals surface area contributed by atoms with Crippen molar-refractivity contribution >= 4 is 23.2 Å². The van der Waals surface area contributed by atoms with Gasteiger partial charge in [-0.2, -0.15) is 4.37 Å². The molecule has 21 heavy (non-hydrogen) atoms. The topological polar surface area (TPSA) is 53.7 Å². The fourth-order valence-electron chi connectivity index (χ4n) is 2.21. The summed E-state index contributed by atoms with van der Waals surface area (Å²) < 4.78 is 6.22. The van der Waals surface area contributed by atoms with Gasteiger partial charge in [0, 0.05) is 17.2 Å².